The minimum absolute atomic E-state index is 0.000509. The van der Waals surface area contributed by atoms with E-state index in [2.05, 4.69) is 5.32 Å². The quantitative estimate of drug-likeness (QED) is 0.563. The van der Waals surface area contributed by atoms with Crippen LogP contribution in [0.3, 0.4) is 0 Å². The third kappa shape index (κ3) is 3.89. The lowest BCUT2D eigenvalue weighted by Gasteiger charge is -2.34. The highest BCUT2D eigenvalue weighted by Gasteiger charge is 2.19. The monoisotopic (exact) mass is 252 g/mol. The molecule has 1 heterocycles. The van der Waals surface area contributed by atoms with E-state index in [-0.39, 0.29) is 6.04 Å². The Balaban J connectivity index is 2.87. The zero-order chi connectivity index (χ0) is 13.7. The lowest BCUT2D eigenvalue weighted by Crippen LogP contribution is -2.48. The van der Waals surface area contributed by atoms with Gasteiger partial charge >= 0.3 is 0 Å². The first-order valence-corrected chi connectivity index (χ1v) is 5.84. The molecule has 0 aliphatic carbocycles. The lowest BCUT2D eigenvalue weighted by atomic mass is 10.1. The first kappa shape index (κ1) is 14.2. The number of hydrogen-bond donors (Lipinski definition) is 3. The fraction of sp³-hybridized carbons (Fsp3) is 0.500. The Kier molecular flexibility index (Phi) is 4.91. The number of nitrogens with two attached hydrogens (primary N) is 2. The van der Waals surface area contributed by atoms with Crippen LogP contribution in [0.25, 0.3) is 0 Å². The van der Waals surface area contributed by atoms with Crippen molar-refractivity contribution in [3.05, 3.63) is 23.4 Å². The first-order valence-electron chi connectivity index (χ1n) is 5.84. The summed E-state index contributed by atoms with van der Waals surface area (Å²) >= 11 is 0. The fourth-order valence-corrected chi connectivity index (χ4v) is 1.74. The molecule has 6 heteroatoms. The molecule has 0 spiro atoms. The number of piperazine rings is 1. The highest BCUT2D eigenvalue weighted by molar-refractivity contribution is 5.91. The molecule has 0 aromatic rings. The number of carbonyl (C=O) groups excluding carboxylic acids is 2. The molecule has 0 bridgehead atoms. The predicted octanol–water partition coefficient (Wildman–Crippen LogP) is -0.919. The van der Waals surface area contributed by atoms with E-state index in [9.17, 15) is 9.59 Å². The summed E-state index contributed by atoms with van der Waals surface area (Å²) in [6.45, 7) is 5.62. The van der Waals surface area contributed by atoms with E-state index in [1.54, 1.807) is 26.1 Å². The highest BCUT2D eigenvalue weighted by Crippen LogP contribution is 2.10. The van der Waals surface area contributed by atoms with E-state index in [4.69, 9.17) is 11.5 Å². The molecule has 5 N–H and O–H groups in total. The van der Waals surface area contributed by atoms with E-state index in [1.807, 2.05) is 4.90 Å². The number of nitrogens with zero attached hydrogens (tertiary/aromatic N) is 1. The molecule has 0 aromatic heterocycles. The molecule has 100 valence electrons. The molecule has 0 radical (unpaired) electrons. The van der Waals surface area contributed by atoms with E-state index in [0.29, 0.717) is 17.7 Å². The van der Waals surface area contributed by atoms with Crippen molar-refractivity contribution in [2.75, 3.05) is 19.6 Å². The van der Waals surface area contributed by atoms with Crippen molar-refractivity contribution in [3.8, 4) is 0 Å². The molecular formula is C12H20N4O2. The maximum Gasteiger partial charge on any atom is 0.245 e. The maximum absolute atomic E-state index is 11.0. The van der Waals surface area contributed by atoms with Crippen LogP contribution in [0.1, 0.15) is 13.8 Å². The van der Waals surface area contributed by atoms with Crippen molar-refractivity contribution in [2.45, 2.75) is 19.9 Å². The number of hydrogen-bond acceptors (Lipinski definition) is 4. The van der Waals surface area contributed by atoms with Gasteiger partial charge in [-0.25, -0.2) is 0 Å². The number of nitrogens with one attached hydrogen (secondary N) is 1. The standard InChI is InChI=1S/C12H20N4O2/c1-8(11(13)17)5-10-6-15-3-4-16(10)7-9(2)12(14)18/h5,7,10,15H,3-4,6H2,1-2H3,(H2,13,17)(H2,14,18). The van der Waals surface area contributed by atoms with Gasteiger partial charge in [-0.1, -0.05) is 6.08 Å². The molecular weight excluding hydrogens is 232 g/mol. The van der Waals surface area contributed by atoms with Crippen LogP contribution >= 0.6 is 0 Å². The fourth-order valence-electron chi connectivity index (χ4n) is 1.74. The minimum atomic E-state index is -0.442. The summed E-state index contributed by atoms with van der Waals surface area (Å²) < 4.78 is 0. The number of rotatable bonds is 4. The molecule has 1 atom stereocenters. The van der Waals surface area contributed by atoms with Crippen molar-refractivity contribution in [1.82, 2.24) is 10.2 Å². The Morgan fingerprint density at radius 2 is 1.83 bits per heavy atom. The van der Waals surface area contributed by atoms with Gasteiger partial charge in [-0.2, -0.15) is 0 Å². The summed E-state index contributed by atoms with van der Waals surface area (Å²) in [6.07, 6.45) is 3.54. The van der Waals surface area contributed by atoms with Gasteiger partial charge < -0.3 is 21.7 Å². The predicted molar refractivity (Wildman–Crippen MR) is 69.3 cm³/mol. The Labute approximate surface area is 107 Å². The summed E-state index contributed by atoms with van der Waals surface area (Å²) in [7, 11) is 0. The van der Waals surface area contributed by atoms with Crippen molar-refractivity contribution in [3.63, 3.8) is 0 Å². The van der Waals surface area contributed by atoms with Crippen LogP contribution in [-0.2, 0) is 9.59 Å². The third-order valence-corrected chi connectivity index (χ3v) is 2.91. The SMILES string of the molecule is CC(=CC1CNCCN1C=C(C)C(N)=O)C(N)=O. The van der Waals surface area contributed by atoms with Gasteiger partial charge in [0.15, 0.2) is 0 Å². The van der Waals surface area contributed by atoms with Gasteiger partial charge in [0, 0.05) is 37.0 Å². The van der Waals surface area contributed by atoms with Crippen LogP contribution in [0.5, 0.6) is 0 Å². The van der Waals surface area contributed by atoms with Crippen molar-refractivity contribution in [2.24, 2.45) is 11.5 Å². The smallest absolute Gasteiger partial charge is 0.245 e. The highest BCUT2D eigenvalue weighted by atomic mass is 16.1. The number of amides is 2. The van der Waals surface area contributed by atoms with E-state index in [0.717, 1.165) is 13.1 Å². The molecule has 0 aromatic carbocycles. The molecule has 1 rings (SSSR count). The van der Waals surface area contributed by atoms with Crippen LogP contribution in [0.4, 0.5) is 0 Å². The van der Waals surface area contributed by atoms with Crippen molar-refractivity contribution >= 4 is 11.8 Å². The van der Waals surface area contributed by atoms with E-state index >= 15 is 0 Å². The van der Waals surface area contributed by atoms with Gasteiger partial charge in [-0.3, -0.25) is 9.59 Å². The first-order chi connectivity index (χ1) is 8.41. The second-order valence-corrected chi connectivity index (χ2v) is 4.40. The molecule has 1 aliphatic heterocycles. The molecule has 1 saturated heterocycles. The van der Waals surface area contributed by atoms with Gasteiger partial charge in [0.2, 0.25) is 11.8 Å². The molecule has 0 saturated carbocycles. The molecule has 1 unspecified atom stereocenters. The Morgan fingerprint density at radius 3 is 2.39 bits per heavy atom. The van der Waals surface area contributed by atoms with Crippen molar-refractivity contribution in [1.29, 1.82) is 0 Å². The summed E-state index contributed by atoms with van der Waals surface area (Å²) in [5.41, 5.74) is 11.4. The Hall–Kier alpha value is -1.82. The molecule has 1 aliphatic rings. The van der Waals surface area contributed by atoms with E-state index < -0.39 is 11.8 Å². The summed E-state index contributed by atoms with van der Waals surface area (Å²) in [5, 5.41) is 3.23. The van der Waals surface area contributed by atoms with Crippen LogP contribution in [0.15, 0.2) is 23.4 Å². The third-order valence-electron chi connectivity index (χ3n) is 2.91. The molecule has 6 nitrogen and oxygen atoms in total. The van der Waals surface area contributed by atoms with Crippen LogP contribution in [0.2, 0.25) is 0 Å². The van der Waals surface area contributed by atoms with Gasteiger partial charge in [0.05, 0.1) is 6.04 Å². The largest absolute Gasteiger partial charge is 0.368 e. The summed E-state index contributed by atoms with van der Waals surface area (Å²) in [4.78, 5) is 24.1. The number of carbonyl (C=O) groups is 2. The van der Waals surface area contributed by atoms with Gasteiger partial charge in [-0.15, -0.1) is 0 Å². The van der Waals surface area contributed by atoms with Gasteiger partial charge in [0.25, 0.3) is 0 Å². The average Bonchev–Trinajstić information content (AvgIpc) is 2.31. The van der Waals surface area contributed by atoms with Crippen LogP contribution < -0.4 is 16.8 Å². The second-order valence-electron chi connectivity index (χ2n) is 4.40. The van der Waals surface area contributed by atoms with Crippen LogP contribution in [0, 0.1) is 0 Å². The Morgan fingerprint density at radius 1 is 1.22 bits per heavy atom. The molecule has 1 fully saturated rings. The zero-order valence-electron chi connectivity index (χ0n) is 10.8. The molecule has 2 amide bonds. The summed E-state index contributed by atoms with van der Waals surface area (Å²) in [6, 6.07) is 0.000509. The maximum atomic E-state index is 11.0. The topological polar surface area (TPSA) is 101 Å². The van der Waals surface area contributed by atoms with Crippen LogP contribution in [-0.4, -0.2) is 42.4 Å². The Bertz CT molecular complexity index is 363. The lowest BCUT2D eigenvalue weighted by molar-refractivity contribution is -0.115. The normalized spacial score (nSPS) is 21.9. The van der Waals surface area contributed by atoms with Crippen molar-refractivity contribution < 1.29 is 9.59 Å². The molecule has 18 heavy (non-hydrogen) atoms. The van der Waals surface area contributed by atoms with Gasteiger partial charge in [0.1, 0.15) is 0 Å². The zero-order valence-corrected chi connectivity index (χ0v) is 10.8. The summed E-state index contributed by atoms with van der Waals surface area (Å²) in [5.74, 6) is -0.876. The second kappa shape index (κ2) is 6.20. The van der Waals surface area contributed by atoms with E-state index in [1.165, 1.54) is 0 Å². The van der Waals surface area contributed by atoms with Gasteiger partial charge in [-0.05, 0) is 13.8 Å². The number of primary amides is 2. The average molecular weight is 252 g/mol. The minimum Gasteiger partial charge on any atom is -0.368 e.